The van der Waals surface area contributed by atoms with Gasteiger partial charge in [0.25, 0.3) is 9.05 Å². The molecule has 5 heteroatoms. The molecule has 0 saturated heterocycles. The second kappa shape index (κ2) is 6.31. The first-order valence-corrected chi connectivity index (χ1v) is 8.23. The van der Waals surface area contributed by atoms with Crippen molar-refractivity contribution in [3.8, 4) is 18.1 Å². The van der Waals surface area contributed by atoms with Gasteiger partial charge in [0.15, 0.2) is 0 Å². The largest absolute Gasteiger partial charge is 0.492 e. The van der Waals surface area contributed by atoms with Crippen LogP contribution in [0.4, 0.5) is 0 Å². The second-order valence-electron chi connectivity index (χ2n) is 4.55. The average Bonchev–Trinajstić information content (AvgIpc) is 2.27. The lowest BCUT2D eigenvalue weighted by Gasteiger charge is -2.16. The molecule has 0 aliphatic heterocycles. The predicted octanol–water partition coefficient (Wildman–Crippen LogP) is 3.45. The third-order valence-electron chi connectivity index (χ3n) is 2.70. The van der Waals surface area contributed by atoms with Crippen LogP contribution in [-0.2, 0) is 9.05 Å². The summed E-state index contributed by atoms with van der Waals surface area (Å²) in [6.07, 6.45) is 5.68. The van der Waals surface area contributed by atoms with E-state index in [0.717, 1.165) is 5.56 Å². The van der Waals surface area contributed by atoms with Gasteiger partial charge < -0.3 is 4.74 Å². The lowest BCUT2D eigenvalue weighted by molar-refractivity contribution is 0.322. The first-order valence-electron chi connectivity index (χ1n) is 5.92. The molecule has 0 bridgehead atoms. The fourth-order valence-electron chi connectivity index (χ4n) is 1.74. The molecule has 0 fully saturated rings. The molecule has 19 heavy (non-hydrogen) atoms. The zero-order chi connectivity index (χ0) is 14.6. The molecule has 104 valence electrons. The summed E-state index contributed by atoms with van der Waals surface area (Å²) in [6, 6.07) is 3.27. The lowest BCUT2D eigenvalue weighted by atomic mass is 10.0. The Morgan fingerprint density at radius 2 is 2.05 bits per heavy atom. The number of benzene rings is 1. The smallest absolute Gasteiger partial charge is 0.261 e. The van der Waals surface area contributed by atoms with Gasteiger partial charge in [0.1, 0.15) is 5.75 Å². The number of halogens is 1. The number of rotatable bonds is 5. The van der Waals surface area contributed by atoms with Gasteiger partial charge in [-0.15, -0.1) is 12.3 Å². The Balaban J connectivity index is 3.26. The van der Waals surface area contributed by atoms with Crippen molar-refractivity contribution in [2.45, 2.75) is 38.0 Å². The first kappa shape index (κ1) is 15.9. The molecule has 1 rings (SSSR count). The molecule has 0 aliphatic rings. The van der Waals surface area contributed by atoms with Gasteiger partial charge in [-0.2, -0.15) is 0 Å². The van der Waals surface area contributed by atoms with Gasteiger partial charge in [0.2, 0.25) is 0 Å². The fraction of sp³-hybridized carbons (Fsp3) is 0.429. The van der Waals surface area contributed by atoms with Crippen LogP contribution < -0.4 is 4.74 Å². The van der Waals surface area contributed by atoms with Crippen LogP contribution in [0.3, 0.4) is 0 Å². The van der Waals surface area contributed by atoms with Crippen LogP contribution in [0.2, 0.25) is 0 Å². The maximum absolute atomic E-state index is 11.5. The summed E-state index contributed by atoms with van der Waals surface area (Å²) in [5.74, 6) is 3.28. The minimum atomic E-state index is -3.75. The quantitative estimate of drug-likeness (QED) is 0.475. The van der Waals surface area contributed by atoms with Crippen LogP contribution in [0.5, 0.6) is 5.75 Å². The van der Waals surface area contributed by atoms with E-state index in [1.165, 1.54) is 0 Å². The van der Waals surface area contributed by atoms with Gasteiger partial charge >= 0.3 is 0 Å². The summed E-state index contributed by atoms with van der Waals surface area (Å²) in [5, 5.41) is 0. The van der Waals surface area contributed by atoms with Crippen LogP contribution >= 0.6 is 10.7 Å². The molecule has 0 radical (unpaired) electrons. The molecule has 0 spiro atoms. The van der Waals surface area contributed by atoms with Gasteiger partial charge in [0.05, 0.1) is 11.5 Å². The molecule has 0 heterocycles. The molecule has 0 unspecified atom stereocenters. The monoisotopic (exact) mass is 300 g/mol. The topological polar surface area (TPSA) is 43.4 Å². The van der Waals surface area contributed by atoms with E-state index < -0.39 is 9.05 Å². The molecule has 0 amide bonds. The molecule has 3 nitrogen and oxygen atoms in total. The standard InChI is InChI=1S/C14H17ClO3S/c1-5-6-7-18-13-8-11(4)14(19(15,16)17)9-12(13)10(2)3/h1,8-10H,6-7H2,2-4H3. The zero-order valence-electron chi connectivity index (χ0n) is 11.2. The molecular formula is C14H17ClO3S. The Kier molecular flexibility index (Phi) is 5.28. The highest BCUT2D eigenvalue weighted by Gasteiger charge is 2.18. The van der Waals surface area contributed by atoms with Gasteiger partial charge in [-0.1, -0.05) is 13.8 Å². The van der Waals surface area contributed by atoms with E-state index in [1.807, 2.05) is 13.8 Å². The highest BCUT2D eigenvalue weighted by atomic mass is 35.7. The van der Waals surface area contributed by atoms with E-state index in [4.69, 9.17) is 21.8 Å². The van der Waals surface area contributed by atoms with Crippen LogP contribution in [0, 0.1) is 19.3 Å². The van der Waals surface area contributed by atoms with Crippen molar-refractivity contribution in [1.29, 1.82) is 0 Å². The lowest BCUT2D eigenvalue weighted by Crippen LogP contribution is -2.04. The van der Waals surface area contributed by atoms with Crippen molar-refractivity contribution in [2.75, 3.05) is 6.61 Å². The molecule has 1 aromatic rings. The summed E-state index contributed by atoms with van der Waals surface area (Å²) in [6.45, 7) is 6.02. The van der Waals surface area contributed by atoms with Crippen molar-refractivity contribution in [3.63, 3.8) is 0 Å². The molecule has 0 saturated carbocycles. The van der Waals surface area contributed by atoms with Gasteiger partial charge in [-0.25, -0.2) is 8.42 Å². The Hall–Kier alpha value is -1.18. The van der Waals surface area contributed by atoms with E-state index in [1.54, 1.807) is 19.1 Å². The van der Waals surface area contributed by atoms with Crippen LogP contribution in [0.1, 0.15) is 37.3 Å². The van der Waals surface area contributed by atoms with Crippen molar-refractivity contribution in [1.82, 2.24) is 0 Å². The van der Waals surface area contributed by atoms with Crippen molar-refractivity contribution in [3.05, 3.63) is 23.3 Å². The summed E-state index contributed by atoms with van der Waals surface area (Å²) in [5.41, 5.74) is 1.37. The normalized spacial score (nSPS) is 11.4. The van der Waals surface area contributed by atoms with E-state index in [2.05, 4.69) is 5.92 Å². The zero-order valence-corrected chi connectivity index (χ0v) is 12.8. The minimum absolute atomic E-state index is 0.124. The van der Waals surface area contributed by atoms with Crippen LogP contribution in [-0.4, -0.2) is 15.0 Å². The SMILES string of the molecule is C#CCCOc1cc(C)c(S(=O)(=O)Cl)cc1C(C)C. The van der Waals surface area contributed by atoms with Crippen LogP contribution in [0.15, 0.2) is 17.0 Å². The predicted molar refractivity (Wildman–Crippen MR) is 77.3 cm³/mol. The summed E-state index contributed by atoms with van der Waals surface area (Å²) in [4.78, 5) is 0.127. The van der Waals surface area contributed by atoms with E-state index >= 15 is 0 Å². The maximum Gasteiger partial charge on any atom is 0.261 e. The number of aryl methyl sites for hydroxylation is 1. The van der Waals surface area contributed by atoms with E-state index in [0.29, 0.717) is 24.3 Å². The summed E-state index contributed by atoms with van der Waals surface area (Å²) < 4.78 is 28.6. The van der Waals surface area contributed by atoms with E-state index in [-0.39, 0.29) is 10.8 Å². The van der Waals surface area contributed by atoms with Crippen molar-refractivity contribution >= 4 is 19.7 Å². The Bertz CT molecular complexity index is 598. The molecule has 0 aromatic heterocycles. The Morgan fingerprint density at radius 1 is 1.42 bits per heavy atom. The molecule has 0 atom stereocenters. The third-order valence-corrected chi connectivity index (χ3v) is 4.16. The van der Waals surface area contributed by atoms with Gasteiger partial charge in [-0.05, 0) is 36.1 Å². The number of hydrogen-bond acceptors (Lipinski definition) is 3. The average molecular weight is 301 g/mol. The minimum Gasteiger partial charge on any atom is -0.492 e. The Morgan fingerprint density at radius 3 is 2.53 bits per heavy atom. The maximum atomic E-state index is 11.5. The van der Waals surface area contributed by atoms with E-state index in [9.17, 15) is 8.42 Å². The number of terminal acetylenes is 1. The highest BCUT2D eigenvalue weighted by molar-refractivity contribution is 8.13. The molecule has 0 aliphatic carbocycles. The second-order valence-corrected chi connectivity index (χ2v) is 7.09. The van der Waals surface area contributed by atoms with Gasteiger partial charge in [0, 0.05) is 17.1 Å². The number of hydrogen-bond donors (Lipinski definition) is 0. The van der Waals surface area contributed by atoms with Crippen molar-refractivity contribution < 1.29 is 13.2 Å². The molecular weight excluding hydrogens is 284 g/mol. The highest BCUT2D eigenvalue weighted by Crippen LogP contribution is 2.33. The first-order chi connectivity index (χ1) is 8.77. The summed E-state index contributed by atoms with van der Waals surface area (Å²) in [7, 11) is 1.68. The third kappa shape index (κ3) is 4.15. The molecule has 1 aromatic carbocycles. The fourth-order valence-corrected chi connectivity index (χ4v) is 2.95. The molecule has 0 N–H and O–H groups in total. The Labute approximate surface area is 119 Å². The van der Waals surface area contributed by atoms with Crippen molar-refractivity contribution in [2.24, 2.45) is 0 Å². The summed E-state index contributed by atoms with van der Waals surface area (Å²) >= 11 is 0. The van der Waals surface area contributed by atoms with Crippen LogP contribution in [0.25, 0.3) is 0 Å². The van der Waals surface area contributed by atoms with Gasteiger partial charge in [-0.3, -0.25) is 0 Å². The number of ether oxygens (including phenoxy) is 1.